The van der Waals surface area contributed by atoms with Gasteiger partial charge in [0, 0.05) is 18.7 Å². The lowest BCUT2D eigenvalue weighted by molar-refractivity contribution is 0.309. The minimum Gasteiger partial charge on any atom is -0.497 e. The van der Waals surface area contributed by atoms with Gasteiger partial charge in [-0.1, -0.05) is 29.4 Å². The van der Waals surface area contributed by atoms with Crippen LogP contribution in [0.15, 0.2) is 53.1 Å². The standard InChI is InChI=1S/C20H20FN3O2/c1-25-18-7-3-5-15(11-18)19-22-20(26-23-19)16-8-9-24(13-16)12-14-4-2-6-17(21)10-14/h2-7,10-11,16H,8-9,12-13H2,1H3/t16-/m1/s1. The average Bonchev–Trinajstić information content (AvgIpc) is 3.31. The molecule has 1 saturated heterocycles. The summed E-state index contributed by atoms with van der Waals surface area (Å²) in [4.78, 5) is 6.86. The van der Waals surface area contributed by atoms with E-state index in [2.05, 4.69) is 15.0 Å². The van der Waals surface area contributed by atoms with Crippen molar-refractivity contribution in [3.63, 3.8) is 0 Å². The van der Waals surface area contributed by atoms with Crippen molar-refractivity contribution in [2.45, 2.75) is 18.9 Å². The molecule has 1 fully saturated rings. The highest BCUT2D eigenvalue weighted by Crippen LogP contribution is 2.29. The number of likely N-dealkylation sites (tertiary alicyclic amines) is 1. The molecular formula is C20H20FN3O2. The van der Waals surface area contributed by atoms with E-state index in [9.17, 15) is 4.39 Å². The maximum absolute atomic E-state index is 13.3. The monoisotopic (exact) mass is 353 g/mol. The number of ether oxygens (including phenoxy) is 1. The average molecular weight is 353 g/mol. The number of methoxy groups -OCH3 is 1. The normalized spacial score (nSPS) is 17.5. The molecule has 1 aliphatic heterocycles. The number of aromatic nitrogens is 2. The van der Waals surface area contributed by atoms with E-state index in [1.54, 1.807) is 19.2 Å². The highest BCUT2D eigenvalue weighted by molar-refractivity contribution is 5.56. The molecule has 0 unspecified atom stereocenters. The van der Waals surface area contributed by atoms with Gasteiger partial charge in [-0.25, -0.2) is 4.39 Å². The first-order valence-corrected chi connectivity index (χ1v) is 8.66. The number of hydrogen-bond donors (Lipinski definition) is 0. The first-order chi connectivity index (χ1) is 12.7. The third-order valence-corrected chi connectivity index (χ3v) is 4.69. The van der Waals surface area contributed by atoms with Crippen LogP contribution in [0.1, 0.15) is 23.8 Å². The first-order valence-electron chi connectivity index (χ1n) is 8.66. The third-order valence-electron chi connectivity index (χ3n) is 4.69. The lowest BCUT2D eigenvalue weighted by atomic mass is 10.1. The molecule has 0 aliphatic carbocycles. The molecule has 0 N–H and O–H groups in total. The van der Waals surface area contributed by atoms with E-state index >= 15 is 0 Å². The summed E-state index contributed by atoms with van der Waals surface area (Å²) >= 11 is 0. The summed E-state index contributed by atoms with van der Waals surface area (Å²) in [7, 11) is 1.63. The van der Waals surface area contributed by atoms with Gasteiger partial charge >= 0.3 is 0 Å². The van der Waals surface area contributed by atoms with Crippen LogP contribution in [0.3, 0.4) is 0 Å². The molecule has 0 amide bonds. The van der Waals surface area contributed by atoms with Crippen molar-refractivity contribution in [3.8, 4) is 17.1 Å². The topological polar surface area (TPSA) is 51.4 Å². The van der Waals surface area contributed by atoms with Crippen molar-refractivity contribution >= 4 is 0 Å². The Hall–Kier alpha value is -2.73. The maximum Gasteiger partial charge on any atom is 0.231 e. The van der Waals surface area contributed by atoms with Crippen molar-refractivity contribution in [1.29, 1.82) is 0 Å². The van der Waals surface area contributed by atoms with E-state index in [1.807, 2.05) is 30.3 Å². The number of halogens is 1. The number of benzene rings is 2. The van der Waals surface area contributed by atoms with Crippen LogP contribution in [0.2, 0.25) is 0 Å². The molecular weight excluding hydrogens is 333 g/mol. The molecule has 134 valence electrons. The van der Waals surface area contributed by atoms with Crippen LogP contribution >= 0.6 is 0 Å². The molecule has 1 atom stereocenters. The van der Waals surface area contributed by atoms with Gasteiger partial charge in [0.2, 0.25) is 11.7 Å². The predicted molar refractivity (Wildman–Crippen MR) is 95.3 cm³/mol. The molecule has 6 heteroatoms. The van der Waals surface area contributed by atoms with Gasteiger partial charge in [0.25, 0.3) is 0 Å². The second-order valence-electron chi connectivity index (χ2n) is 6.54. The highest BCUT2D eigenvalue weighted by Gasteiger charge is 2.28. The fourth-order valence-electron chi connectivity index (χ4n) is 3.35. The molecule has 2 heterocycles. The summed E-state index contributed by atoms with van der Waals surface area (Å²) < 4.78 is 24.1. The van der Waals surface area contributed by atoms with Gasteiger partial charge in [0.15, 0.2) is 0 Å². The largest absolute Gasteiger partial charge is 0.497 e. The zero-order chi connectivity index (χ0) is 17.9. The van der Waals surface area contributed by atoms with Crippen molar-refractivity contribution in [3.05, 3.63) is 65.8 Å². The second kappa shape index (κ2) is 7.25. The Morgan fingerprint density at radius 2 is 2.12 bits per heavy atom. The van der Waals surface area contributed by atoms with Gasteiger partial charge in [0.05, 0.1) is 13.0 Å². The summed E-state index contributed by atoms with van der Waals surface area (Å²) in [6.07, 6.45) is 0.953. The summed E-state index contributed by atoms with van der Waals surface area (Å²) in [5.74, 6) is 2.00. The summed E-state index contributed by atoms with van der Waals surface area (Å²) in [5.41, 5.74) is 1.85. The van der Waals surface area contributed by atoms with Crippen LogP contribution in [0.5, 0.6) is 5.75 Å². The van der Waals surface area contributed by atoms with E-state index in [4.69, 9.17) is 9.26 Å². The Morgan fingerprint density at radius 3 is 2.96 bits per heavy atom. The van der Waals surface area contributed by atoms with Crippen LogP contribution < -0.4 is 4.74 Å². The van der Waals surface area contributed by atoms with Gasteiger partial charge in [0.1, 0.15) is 11.6 Å². The van der Waals surface area contributed by atoms with Gasteiger partial charge in [-0.05, 0) is 42.8 Å². The Balaban J connectivity index is 1.43. The Morgan fingerprint density at radius 1 is 1.23 bits per heavy atom. The molecule has 0 spiro atoms. The minimum atomic E-state index is -0.196. The van der Waals surface area contributed by atoms with E-state index in [0.29, 0.717) is 11.7 Å². The zero-order valence-corrected chi connectivity index (χ0v) is 14.6. The SMILES string of the molecule is COc1cccc(-c2noc([C@@H]3CCN(Cc4cccc(F)c4)C3)n2)c1. The van der Waals surface area contributed by atoms with E-state index < -0.39 is 0 Å². The first kappa shape index (κ1) is 16.7. The Labute approximate surface area is 151 Å². The summed E-state index contributed by atoms with van der Waals surface area (Å²) in [6, 6.07) is 14.4. The molecule has 26 heavy (non-hydrogen) atoms. The van der Waals surface area contributed by atoms with Crippen molar-refractivity contribution in [1.82, 2.24) is 15.0 Å². The third kappa shape index (κ3) is 3.60. The number of nitrogens with zero attached hydrogens (tertiary/aromatic N) is 3. The molecule has 0 bridgehead atoms. The minimum absolute atomic E-state index is 0.196. The van der Waals surface area contributed by atoms with Gasteiger partial charge in [-0.3, -0.25) is 4.90 Å². The molecule has 2 aromatic carbocycles. The molecule has 0 radical (unpaired) electrons. The van der Waals surface area contributed by atoms with E-state index in [1.165, 1.54) is 6.07 Å². The molecule has 4 rings (SSSR count). The number of hydrogen-bond acceptors (Lipinski definition) is 5. The predicted octanol–water partition coefficient (Wildman–Crippen LogP) is 3.87. The van der Waals surface area contributed by atoms with Crippen molar-refractivity contribution in [2.24, 2.45) is 0 Å². The van der Waals surface area contributed by atoms with Crippen LogP contribution in [-0.2, 0) is 6.54 Å². The molecule has 5 nitrogen and oxygen atoms in total. The van der Waals surface area contributed by atoms with E-state index in [-0.39, 0.29) is 11.7 Å². The Kier molecular flexibility index (Phi) is 4.67. The second-order valence-corrected chi connectivity index (χ2v) is 6.54. The number of rotatable bonds is 5. The summed E-state index contributed by atoms with van der Waals surface area (Å²) in [5, 5.41) is 4.12. The quantitative estimate of drug-likeness (QED) is 0.697. The van der Waals surface area contributed by atoms with E-state index in [0.717, 1.165) is 42.9 Å². The molecule has 1 aliphatic rings. The fourth-order valence-corrected chi connectivity index (χ4v) is 3.35. The molecule has 1 aromatic heterocycles. The van der Waals surface area contributed by atoms with Gasteiger partial charge in [-0.2, -0.15) is 4.98 Å². The van der Waals surface area contributed by atoms with Crippen molar-refractivity contribution < 1.29 is 13.7 Å². The maximum atomic E-state index is 13.3. The van der Waals surface area contributed by atoms with Crippen molar-refractivity contribution in [2.75, 3.05) is 20.2 Å². The molecule has 0 saturated carbocycles. The van der Waals surface area contributed by atoms with Crippen LogP contribution in [-0.4, -0.2) is 35.2 Å². The van der Waals surface area contributed by atoms with Crippen LogP contribution in [0.25, 0.3) is 11.4 Å². The van der Waals surface area contributed by atoms with Crippen LogP contribution in [0, 0.1) is 5.82 Å². The van der Waals surface area contributed by atoms with Gasteiger partial charge in [-0.15, -0.1) is 0 Å². The lowest BCUT2D eigenvalue weighted by Crippen LogP contribution is -2.19. The lowest BCUT2D eigenvalue weighted by Gasteiger charge is -2.15. The zero-order valence-electron chi connectivity index (χ0n) is 14.6. The Bertz CT molecular complexity index is 896. The summed E-state index contributed by atoms with van der Waals surface area (Å²) in [6.45, 7) is 2.49. The highest BCUT2D eigenvalue weighted by atomic mass is 19.1. The molecule has 3 aromatic rings. The van der Waals surface area contributed by atoms with Gasteiger partial charge < -0.3 is 9.26 Å². The fraction of sp³-hybridized carbons (Fsp3) is 0.300. The van der Waals surface area contributed by atoms with Crippen LogP contribution in [0.4, 0.5) is 4.39 Å². The smallest absolute Gasteiger partial charge is 0.231 e.